The summed E-state index contributed by atoms with van der Waals surface area (Å²) in [5.41, 5.74) is 3.14. The first-order chi connectivity index (χ1) is 8.34. The molecule has 1 heterocycles. The highest BCUT2D eigenvalue weighted by atomic mass is 16.6. The summed E-state index contributed by atoms with van der Waals surface area (Å²) >= 11 is 0. The largest absolute Gasteiger partial charge is 0.507 e. The van der Waals surface area contributed by atoms with Gasteiger partial charge in [-0.1, -0.05) is 42.5 Å². The number of ether oxygens (including phenoxy) is 1. The maximum atomic E-state index is 10.0. The molecule has 1 unspecified atom stereocenters. The fourth-order valence-corrected chi connectivity index (χ4v) is 2.13. The molecule has 1 aliphatic heterocycles. The number of phenols is 1. The van der Waals surface area contributed by atoms with Crippen molar-refractivity contribution >= 4 is 0 Å². The first-order valence-electron chi connectivity index (χ1n) is 5.82. The molecule has 0 amide bonds. The summed E-state index contributed by atoms with van der Waals surface area (Å²) in [7, 11) is 0. The summed E-state index contributed by atoms with van der Waals surface area (Å²) in [4.78, 5) is 0. The number of epoxide rings is 1. The lowest BCUT2D eigenvalue weighted by Crippen LogP contribution is -1.96. The van der Waals surface area contributed by atoms with E-state index in [0.29, 0.717) is 11.9 Å². The number of hydrogen-bond acceptors (Lipinski definition) is 2. The normalized spacial score (nSPS) is 18.0. The number of rotatable bonds is 3. The van der Waals surface area contributed by atoms with E-state index in [1.807, 2.05) is 36.4 Å². The minimum Gasteiger partial charge on any atom is -0.507 e. The van der Waals surface area contributed by atoms with Gasteiger partial charge in [0, 0.05) is 12.0 Å². The van der Waals surface area contributed by atoms with Gasteiger partial charge in [-0.2, -0.15) is 0 Å². The average molecular weight is 226 g/mol. The van der Waals surface area contributed by atoms with Gasteiger partial charge in [0.05, 0.1) is 12.7 Å². The Bertz CT molecular complexity index is 516. The van der Waals surface area contributed by atoms with Crippen LogP contribution in [-0.2, 0) is 11.2 Å². The Morgan fingerprint density at radius 1 is 1.06 bits per heavy atom. The molecule has 2 heteroatoms. The van der Waals surface area contributed by atoms with Gasteiger partial charge in [-0.3, -0.25) is 0 Å². The Morgan fingerprint density at radius 2 is 1.82 bits per heavy atom. The van der Waals surface area contributed by atoms with Crippen molar-refractivity contribution in [2.45, 2.75) is 12.5 Å². The van der Waals surface area contributed by atoms with Gasteiger partial charge < -0.3 is 9.84 Å². The lowest BCUT2D eigenvalue weighted by molar-refractivity contribution is 0.407. The highest BCUT2D eigenvalue weighted by Crippen LogP contribution is 2.34. The Labute approximate surface area is 100 Å². The highest BCUT2D eigenvalue weighted by molar-refractivity contribution is 5.73. The fraction of sp³-hybridized carbons (Fsp3) is 0.200. The quantitative estimate of drug-likeness (QED) is 0.816. The van der Waals surface area contributed by atoms with Gasteiger partial charge in [-0.15, -0.1) is 0 Å². The zero-order valence-electron chi connectivity index (χ0n) is 9.47. The topological polar surface area (TPSA) is 32.8 Å². The molecule has 1 N–H and O–H groups in total. The van der Waals surface area contributed by atoms with Crippen LogP contribution in [0.1, 0.15) is 5.56 Å². The molecule has 1 aliphatic rings. The number of phenolic OH excluding ortho intramolecular Hbond substituents is 1. The molecular weight excluding hydrogens is 212 g/mol. The van der Waals surface area contributed by atoms with Crippen LogP contribution in [0.4, 0.5) is 0 Å². The molecule has 0 aliphatic carbocycles. The lowest BCUT2D eigenvalue weighted by Gasteiger charge is -2.10. The summed E-state index contributed by atoms with van der Waals surface area (Å²) in [6.45, 7) is 0.837. The standard InChI is InChI=1S/C15H14O2/c16-14-8-4-7-12(9-13-10-17-13)15(14)11-5-2-1-3-6-11/h1-8,13,16H,9-10H2. The van der Waals surface area contributed by atoms with Crippen molar-refractivity contribution in [2.75, 3.05) is 6.61 Å². The molecular formula is C15H14O2. The molecule has 0 saturated carbocycles. The van der Waals surface area contributed by atoms with E-state index < -0.39 is 0 Å². The van der Waals surface area contributed by atoms with E-state index in [9.17, 15) is 5.11 Å². The van der Waals surface area contributed by atoms with Crippen LogP contribution in [0.15, 0.2) is 48.5 Å². The summed E-state index contributed by atoms with van der Waals surface area (Å²) in [5.74, 6) is 0.342. The summed E-state index contributed by atoms with van der Waals surface area (Å²) < 4.78 is 5.26. The van der Waals surface area contributed by atoms with Crippen LogP contribution < -0.4 is 0 Å². The first kappa shape index (κ1) is 10.4. The van der Waals surface area contributed by atoms with E-state index in [1.165, 1.54) is 0 Å². The van der Waals surface area contributed by atoms with Gasteiger partial charge in [0.2, 0.25) is 0 Å². The Hall–Kier alpha value is -1.80. The Balaban J connectivity index is 2.06. The van der Waals surface area contributed by atoms with Crippen molar-refractivity contribution in [3.05, 3.63) is 54.1 Å². The van der Waals surface area contributed by atoms with Crippen LogP contribution >= 0.6 is 0 Å². The van der Waals surface area contributed by atoms with Gasteiger partial charge >= 0.3 is 0 Å². The minimum atomic E-state index is 0.333. The summed E-state index contributed by atoms with van der Waals surface area (Å²) in [6.07, 6.45) is 1.21. The third-order valence-electron chi connectivity index (χ3n) is 3.04. The third kappa shape index (κ3) is 2.17. The number of benzene rings is 2. The molecule has 1 saturated heterocycles. The molecule has 1 atom stereocenters. The molecule has 2 nitrogen and oxygen atoms in total. The monoisotopic (exact) mass is 226 g/mol. The van der Waals surface area contributed by atoms with Crippen molar-refractivity contribution in [1.82, 2.24) is 0 Å². The zero-order valence-corrected chi connectivity index (χ0v) is 9.47. The van der Waals surface area contributed by atoms with Crippen molar-refractivity contribution < 1.29 is 9.84 Å². The van der Waals surface area contributed by atoms with Crippen LogP contribution in [0.2, 0.25) is 0 Å². The molecule has 0 radical (unpaired) electrons. The summed E-state index contributed by atoms with van der Waals surface area (Å²) in [6, 6.07) is 15.7. The molecule has 0 bridgehead atoms. The van der Waals surface area contributed by atoms with Gasteiger partial charge in [0.15, 0.2) is 0 Å². The van der Waals surface area contributed by atoms with E-state index in [1.54, 1.807) is 6.07 Å². The maximum Gasteiger partial charge on any atom is 0.123 e. The number of aromatic hydroxyl groups is 1. The molecule has 0 aromatic heterocycles. The minimum absolute atomic E-state index is 0.333. The zero-order chi connectivity index (χ0) is 11.7. The predicted molar refractivity (Wildman–Crippen MR) is 67.0 cm³/mol. The van der Waals surface area contributed by atoms with Crippen LogP contribution in [0.25, 0.3) is 11.1 Å². The van der Waals surface area contributed by atoms with E-state index in [4.69, 9.17) is 4.74 Å². The second-order valence-corrected chi connectivity index (χ2v) is 4.34. The van der Waals surface area contributed by atoms with Gasteiger partial charge in [-0.25, -0.2) is 0 Å². The van der Waals surface area contributed by atoms with E-state index >= 15 is 0 Å². The molecule has 2 aromatic carbocycles. The van der Waals surface area contributed by atoms with Gasteiger partial charge in [-0.05, 0) is 17.2 Å². The van der Waals surface area contributed by atoms with Crippen LogP contribution in [-0.4, -0.2) is 17.8 Å². The molecule has 0 spiro atoms. The fourth-order valence-electron chi connectivity index (χ4n) is 2.13. The third-order valence-corrected chi connectivity index (χ3v) is 3.04. The first-order valence-corrected chi connectivity index (χ1v) is 5.82. The second-order valence-electron chi connectivity index (χ2n) is 4.34. The Morgan fingerprint density at radius 3 is 2.53 bits per heavy atom. The molecule has 86 valence electrons. The second kappa shape index (κ2) is 4.22. The molecule has 3 rings (SSSR count). The smallest absolute Gasteiger partial charge is 0.123 e. The van der Waals surface area contributed by atoms with Crippen molar-refractivity contribution in [1.29, 1.82) is 0 Å². The van der Waals surface area contributed by atoms with E-state index in [2.05, 4.69) is 6.07 Å². The highest BCUT2D eigenvalue weighted by Gasteiger charge is 2.24. The van der Waals surface area contributed by atoms with E-state index in [-0.39, 0.29) is 0 Å². The van der Waals surface area contributed by atoms with Crippen LogP contribution in [0.3, 0.4) is 0 Å². The van der Waals surface area contributed by atoms with E-state index in [0.717, 1.165) is 29.7 Å². The Kier molecular flexibility index (Phi) is 2.57. The average Bonchev–Trinajstić information content (AvgIpc) is 3.14. The predicted octanol–water partition coefficient (Wildman–Crippen LogP) is 3.00. The SMILES string of the molecule is Oc1cccc(CC2CO2)c1-c1ccccc1. The number of hydrogen-bond donors (Lipinski definition) is 1. The van der Waals surface area contributed by atoms with Gasteiger partial charge in [0.1, 0.15) is 5.75 Å². The van der Waals surface area contributed by atoms with Crippen molar-refractivity contribution in [3.8, 4) is 16.9 Å². The van der Waals surface area contributed by atoms with Crippen molar-refractivity contribution in [3.63, 3.8) is 0 Å². The molecule has 2 aromatic rings. The van der Waals surface area contributed by atoms with Crippen LogP contribution in [0.5, 0.6) is 5.75 Å². The molecule has 17 heavy (non-hydrogen) atoms. The van der Waals surface area contributed by atoms with Crippen LogP contribution in [0, 0.1) is 0 Å². The summed E-state index contributed by atoms with van der Waals surface area (Å²) in [5, 5.41) is 10.0. The van der Waals surface area contributed by atoms with Gasteiger partial charge in [0.25, 0.3) is 0 Å². The maximum absolute atomic E-state index is 10.0. The molecule has 1 fully saturated rings. The lowest BCUT2D eigenvalue weighted by atomic mass is 9.96. The van der Waals surface area contributed by atoms with Crippen molar-refractivity contribution in [2.24, 2.45) is 0 Å².